The van der Waals surface area contributed by atoms with Gasteiger partial charge in [-0.3, -0.25) is 0 Å². The number of benzene rings is 1. The Labute approximate surface area is 90.4 Å². The first-order valence-electron chi connectivity index (χ1n) is 5.04. The molecule has 0 unspecified atom stereocenters. The fourth-order valence-corrected chi connectivity index (χ4v) is 1.21. The third-order valence-electron chi connectivity index (χ3n) is 2.38. The highest BCUT2D eigenvalue weighted by Crippen LogP contribution is 2.08. The van der Waals surface area contributed by atoms with Crippen LogP contribution in [0, 0.1) is 5.82 Å². The van der Waals surface area contributed by atoms with E-state index in [1.807, 2.05) is 19.9 Å². The second-order valence-corrected chi connectivity index (χ2v) is 4.16. The lowest BCUT2D eigenvalue weighted by molar-refractivity contribution is 0.0230. The zero-order chi connectivity index (χ0) is 11.3. The molecule has 2 nitrogen and oxygen atoms in total. The molecule has 1 rings (SSSR count). The fraction of sp³-hybridized carbons (Fsp3) is 0.500. The Balaban J connectivity index is 2.42. The molecule has 1 N–H and O–H groups in total. The molecule has 0 saturated carbocycles. The van der Waals surface area contributed by atoms with E-state index in [9.17, 15) is 4.39 Å². The summed E-state index contributed by atoms with van der Waals surface area (Å²) >= 11 is 0. The van der Waals surface area contributed by atoms with E-state index < -0.39 is 0 Å². The predicted molar refractivity (Wildman–Crippen MR) is 59.2 cm³/mol. The first-order valence-corrected chi connectivity index (χ1v) is 5.04. The molecule has 0 spiro atoms. The molecule has 0 saturated heterocycles. The fourth-order valence-electron chi connectivity index (χ4n) is 1.21. The number of hydrogen-bond donors (Lipinski definition) is 1. The predicted octanol–water partition coefficient (Wildman–Crippen LogP) is 2.34. The van der Waals surface area contributed by atoms with Gasteiger partial charge in [-0.05, 0) is 19.9 Å². The van der Waals surface area contributed by atoms with Gasteiger partial charge in [0.05, 0.1) is 5.60 Å². The molecule has 0 heterocycles. The van der Waals surface area contributed by atoms with Crippen LogP contribution < -0.4 is 5.32 Å². The number of rotatable bonds is 5. The molecule has 0 atom stereocenters. The molecule has 0 aliphatic heterocycles. The van der Waals surface area contributed by atoms with E-state index in [0.29, 0.717) is 18.7 Å². The Morgan fingerprint density at radius 3 is 2.60 bits per heavy atom. The van der Waals surface area contributed by atoms with Crippen molar-refractivity contribution < 1.29 is 9.13 Å². The summed E-state index contributed by atoms with van der Waals surface area (Å²) in [4.78, 5) is 0. The molecule has 0 fully saturated rings. The van der Waals surface area contributed by atoms with Gasteiger partial charge in [-0.25, -0.2) is 4.39 Å². The van der Waals surface area contributed by atoms with Crippen LogP contribution in [0.5, 0.6) is 0 Å². The van der Waals surface area contributed by atoms with Crippen LogP contribution >= 0.6 is 0 Å². The Kier molecular flexibility index (Phi) is 4.24. The van der Waals surface area contributed by atoms with Gasteiger partial charge in [0, 0.05) is 25.8 Å². The third kappa shape index (κ3) is 3.98. The molecule has 1 aromatic carbocycles. The minimum absolute atomic E-state index is 0.166. The van der Waals surface area contributed by atoms with E-state index in [0.717, 1.165) is 0 Å². The topological polar surface area (TPSA) is 21.3 Å². The van der Waals surface area contributed by atoms with Crippen molar-refractivity contribution >= 4 is 0 Å². The largest absolute Gasteiger partial charge is 0.377 e. The number of nitrogens with one attached hydrogen (secondary N) is 1. The van der Waals surface area contributed by atoms with Gasteiger partial charge >= 0.3 is 0 Å². The maximum atomic E-state index is 13.2. The summed E-state index contributed by atoms with van der Waals surface area (Å²) < 4.78 is 18.5. The van der Waals surface area contributed by atoms with Crippen molar-refractivity contribution in [2.24, 2.45) is 0 Å². The van der Waals surface area contributed by atoms with Crippen LogP contribution in [-0.4, -0.2) is 19.3 Å². The summed E-state index contributed by atoms with van der Waals surface area (Å²) in [5.74, 6) is -0.166. The quantitative estimate of drug-likeness (QED) is 0.807. The lowest BCUT2D eigenvalue weighted by atomic mass is 10.1. The maximum Gasteiger partial charge on any atom is 0.127 e. The van der Waals surface area contributed by atoms with Crippen molar-refractivity contribution in [2.75, 3.05) is 13.7 Å². The first-order chi connectivity index (χ1) is 7.05. The molecule has 1 aromatic rings. The SMILES string of the molecule is COC(C)(C)CNCc1ccccc1F. The van der Waals surface area contributed by atoms with Crippen LogP contribution in [0.25, 0.3) is 0 Å². The van der Waals surface area contributed by atoms with E-state index in [2.05, 4.69) is 5.32 Å². The lowest BCUT2D eigenvalue weighted by Crippen LogP contribution is -2.36. The Morgan fingerprint density at radius 1 is 1.33 bits per heavy atom. The number of methoxy groups -OCH3 is 1. The summed E-state index contributed by atoms with van der Waals surface area (Å²) in [6.45, 7) is 5.19. The van der Waals surface area contributed by atoms with Crippen LogP contribution in [0.2, 0.25) is 0 Å². The zero-order valence-electron chi connectivity index (χ0n) is 9.51. The Morgan fingerprint density at radius 2 is 2.00 bits per heavy atom. The first kappa shape index (κ1) is 12.1. The number of hydrogen-bond acceptors (Lipinski definition) is 2. The van der Waals surface area contributed by atoms with Crippen molar-refractivity contribution in [2.45, 2.75) is 26.0 Å². The van der Waals surface area contributed by atoms with Gasteiger partial charge in [0.25, 0.3) is 0 Å². The Hall–Kier alpha value is -0.930. The molecule has 3 heteroatoms. The number of halogens is 1. The monoisotopic (exact) mass is 211 g/mol. The Bertz CT molecular complexity index is 312. The van der Waals surface area contributed by atoms with Crippen molar-refractivity contribution in [3.8, 4) is 0 Å². The van der Waals surface area contributed by atoms with Crippen LogP contribution in [0.15, 0.2) is 24.3 Å². The van der Waals surface area contributed by atoms with Crippen LogP contribution in [-0.2, 0) is 11.3 Å². The smallest absolute Gasteiger partial charge is 0.127 e. The summed E-state index contributed by atoms with van der Waals surface area (Å²) in [6.07, 6.45) is 0. The van der Waals surface area contributed by atoms with Crippen molar-refractivity contribution in [1.29, 1.82) is 0 Å². The third-order valence-corrected chi connectivity index (χ3v) is 2.38. The maximum absolute atomic E-state index is 13.2. The molecule has 0 aliphatic rings. The van der Waals surface area contributed by atoms with Crippen molar-refractivity contribution in [1.82, 2.24) is 5.32 Å². The molecule has 0 aromatic heterocycles. The molecule has 0 amide bonds. The van der Waals surface area contributed by atoms with Gasteiger partial charge in [0.15, 0.2) is 0 Å². The van der Waals surface area contributed by atoms with E-state index in [1.165, 1.54) is 6.07 Å². The standard InChI is InChI=1S/C12H18FNO/c1-12(2,15-3)9-14-8-10-6-4-5-7-11(10)13/h4-7,14H,8-9H2,1-3H3. The molecule has 84 valence electrons. The minimum atomic E-state index is -0.217. The van der Waals surface area contributed by atoms with Crippen molar-refractivity contribution in [3.05, 3.63) is 35.6 Å². The molecular weight excluding hydrogens is 193 g/mol. The zero-order valence-corrected chi connectivity index (χ0v) is 9.51. The van der Waals surface area contributed by atoms with Gasteiger partial charge in [0.2, 0.25) is 0 Å². The van der Waals surface area contributed by atoms with Gasteiger partial charge in [0.1, 0.15) is 5.82 Å². The summed E-state index contributed by atoms with van der Waals surface area (Å²) in [5.41, 5.74) is 0.468. The summed E-state index contributed by atoms with van der Waals surface area (Å²) in [7, 11) is 1.67. The molecule has 0 bridgehead atoms. The van der Waals surface area contributed by atoms with Crippen LogP contribution in [0.4, 0.5) is 4.39 Å². The summed E-state index contributed by atoms with van der Waals surface area (Å²) in [5, 5.41) is 3.17. The summed E-state index contributed by atoms with van der Waals surface area (Å²) in [6, 6.07) is 6.78. The minimum Gasteiger partial charge on any atom is -0.377 e. The lowest BCUT2D eigenvalue weighted by Gasteiger charge is -2.23. The van der Waals surface area contributed by atoms with Crippen LogP contribution in [0.3, 0.4) is 0 Å². The molecule has 0 radical (unpaired) electrons. The molecule has 15 heavy (non-hydrogen) atoms. The highest BCUT2D eigenvalue weighted by molar-refractivity contribution is 5.16. The van der Waals surface area contributed by atoms with Crippen LogP contribution in [0.1, 0.15) is 19.4 Å². The highest BCUT2D eigenvalue weighted by atomic mass is 19.1. The average Bonchev–Trinajstić information content (AvgIpc) is 2.21. The second kappa shape index (κ2) is 5.24. The number of ether oxygens (including phenoxy) is 1. The van der Waals surface area contributed by atoms with Gasteiger partial charge in [-0.15, -0.1) is 0 Å². The van der Waals surface area contributed by atoms with Gasteiger partial charge < -0.3 is 10.1 Å². The second-order valence-electron chi connectivity index (χ2n) is 4.16. The average molecular weight is 211 g/mol. The van der Waals surface area contributed by atoms with Gasteiger partial charge in [-0.2, -0.15) is 0 Å². The van der Waals surface area contributed by atoms with Gasteiger partial charge in [-0.1, -0.05) is 18.2 Å². The van der Waals surface area contributed by atoms with E-state index >= 15 is 0 Å². The molecular formula is C12H18FNO. The molecule has 0 aliphatic carbocycles. The normalized spacial score (nSPS) is 11.7. The highest BCUT2D eigenvalue weighted by Gasteiger charge is 2.15. The van der Waals surface area contributed by atoms with Crippen molar-refractivity contribution in [3.63, 3.8) is 0 Å². The van der Waals surface area contributed by atoms with E-state index in [-0.39, 0.29) is 11.4 Å². The van der Waals surface area contributed by atoms with E-state index in [1.54, 1.807) is 19.2 Å². The van der Waals surface area contributed by atoms with E-state index in [4.69, 9.17) is 4.74 Å².